The second-order valence-electron chi connectivity index (χ2n) is 6.93. The first-order valence-electron chi connectivity index (χ1n) is 8.70. The summed E-state index contributed by atoms with van der Waals surface area (Å²) < 4.78 is 1.99. The lowest BCUT2D eigenvalue weighted by Gasteiger charge is -2.40. The Morgan fingerprint density at radius 2 is 1.96 bits per heavy atom. The molecule has 0 unspecified atom stereocenters. The second kappa shape index (κ2) is 5.29. The van der Waals surface area contributed by atoms with Crippen molar-refractivity contribution < 1.29 is 4.79 Å². The number of amides is 1. The Morgan fingerprint density at radius 3 is 2.71 bits per heavy atom. The smallest absolute Gasteiger partial charge is 0.227 e. The first kappa shape index (κ1) is 13.9. The number of aromatic nitrogens is 4. The predicted octanol–water partition coefficient (Wildman–Crippen LogP) is 1.74. The van der Waals surface area contributed by atoms with Crippen LogP contribution < -0.4 is 9.80 Å². The molecule has 2 aromatic heterocycles. The maximum absolute atomic E-state index is 11.8. The van der Waals surface area contributed by atoms with Crippen molar-refractivity contribution in [3.63, 3.8) is 0 Å². The van der Waals surface area contributed by atoms with Gasteiger partial charge in [-0.1, -0.05) is 0 Å². The third-order valence-electron chi connectivity index (χ3n) is 5.18. The van der Waals surface area contributed by atoms with Crippen molar-refractivity contribution >= 4 is 17.4 Å². The highest BCUT2D eigenvalue weighted by molar-refractivity contribution is 5.95. The van der Waals surface area contributed by atoms with Crippen molar-refractivity contribution in [3.8, 4) is 0 Å². The van der Waals surface area contributed by atoms with E-state index in [1.54, 1.807) is 12.4 Å². The summed E-state index contributed by atoms with van der Waals surface area (Å²) in [6.07, 6.45) is 11.4. The first-order valence-corrected chi connectivity index (χ1v) is 8.70. The molecule has 0 N–H and O–H groups in total. The molecule has 3 aliphatic rings. The van der Waals surface area contributed by atoms with Crippen molar-refractivity contribution in [1.29, 1.82) is 0 Å². The predicted molar refractivity (Wildman–Crippen MR) is 89.1 cm³/mol. The number of hydrogen-bond acceptors (Lipinski definition) is 5. The summed E-state index contributed by atoms with van der Waals surface area (Å²) in [6.45, 7) is 2.60. The quantitative estimate of drug-likeness (QED) is 0.857. The molecule has 124 valence electrons. The van der Waals surface area contributed by atoms with Gasteiger partial charge in [-0.2, -0.15) is 5.10 Å². The van der Waals surface area contributed by atoms with Gasteiger partial charge in [0, 0.05) is 50.6 Å². The highest BCUT2D eigenvalue weighted by atomic mass is 16.2. The molecule has 0 atom stereocenters. The third kappa shape index (κ3) is 2.26. The van der Waals surface area contributed by atoms with Gasteiger partial charge < -0.3 is 9.80 Å². The molecule has 1 saturated carbocycles. The fraction of sp³-hybridized carbons (Fsp3) is 0.529. The number of rotatable bonds is 4. The number of nitrogens with zero attached hydrogens (tertiary/aromatic N) is 6. The van der Waals surface area contributed by atoms with E-state index in [1.807, 2.05) is 22.0 Å². The molecule has 0 bridgehead atoms. The number of carbonyl (C=O) groups is 1. The van der Waals surface area contributed by atoms with Crippen LogP contribution in [-0.2, 0) is 4.79 Å². The van der Waals surface area contributed by atoms with E-state index in [9.17, 15) is 4.79 Å². The van der Waals surface area contributed by atoms with Crippen LogP contribution in [0.2, 0.25) is 0 Å². The molecule has 7 heteroatoms. The molecule has 2 aliphatic heterocycles. The minimum Gasteiger partial charge on any atom is -0.351 e. The van der Waals surface area contributed by atoms with Crippen molar-refractivity contribution in [3.05, 3.63) is 30.5 Å². The zero-order chi connectivity index (χ0) is 16.1. The van der Waals surface area contributed by atoms with Gasteiger partial charge in [-0.25, -0.2) is 4.98 Å². The maximum Gasteiger partial charge on any atom is 0.227 e. The van der Waals surface area contributed by atoms with E-state index in [0.29, 0.717) is 18.4 Å². The monoisotopic (exact) mass is 324 g/mol. The lowest BCUT2D eigenvalue weighted by atomic mass is 10.1. The van der Waals surface area contributed by atoms with Crippen molar-refractivity contribution in [2.45, 2.75) is 37.6 Å². The molecule has 0 aromatic carbocycles. The van der Waals surface area contributed by atoms with E-state index in [4.69, 9.17) is 0 Å². The average Bonchev–Trinajstić information content (AvgIpc) is 3.14. The van der Waals surface area contributed by atoms with E-state index in [2.05, 4.69) is 20.0 Å². The Morgan fingerprint density at radius 1 is 1.12 bits per heavy atom. The maximum atomic E-state index is 11.8. The normalized spacial score (nSPS) is 21.4. The van der Waals surface area contributed by atoms with Gasteiger partial charge in [-0.05, 0) is 19.3 Å². The molecule has 4 heterocycles. The van der Waals surface area contributed by atoms with Crippen molar-refractivity contribution in [2.75, 3.05) is 29.4 Å². The largest absolute Gasteiger partial charge is 0.351 e. The van der Waals surface area contributed by atoms with Crippen LogP contribution in [0.1, 0.15) is 43.3 Å². The van der Waals surface area contributed by atoms with Crippen LogP contribution in [0, 0.1) is 0 Å². The summed E-state index contributed by atoms with van der Waals surface area (Å²) in [6, 6.07) is 0.338. The summed E-state index contributed by atoms with van der Waals surface area (Å²) >= 11 is 0. The second-order valence-corrected chi connectivity index (χ2v) is 6.93. The van der Waals surface area contributed by atoms with Gasteiger partial charge >= 0.3 is 0 Å². The van der Waals surface area contributed by atoms with E-state index < -0.39 is 0 Å². The standard InChI is InChI=1S/C17H20N6O/c24-15-2-1-7-22(15)13-8-20-23(11-13)14-9-21(10-14)17-16(12-3-4-12)18-5-6-19-17/h5-6,8,11-12,14H,1-4,7,9-10H2. The van der Waals surface area contributed by atoms with Gasteiger partial charge in [0.15, 0.2) is 5.82 Å². The molecule has 2 saturated heterocycles. The van der Waals surface area contributed by atoms with Crippen LogP contribution in [0.4, 0.5) is 11.5 Å². The molecule has 3 fully saturated rings. The molecule has 0 radical (unpaired) electrons. The summed E-state index contributed by atoms with van der Waals surface area (Å²) in [5, 5.41) is 4.48. The summed E-state index contributed by atoms with van der Waals surface area (Å²) in [5.74, 6) is 1.85. The zero-order valence-electron chi connectivity index (χ0n) is 13.5. The van der Waals surface area contributed by atoms with Crippen LogP contribution in [0.3, 0.4) is 0 Å². The molecule has 24 heavy (non-hydrogen) atoms. The van der Waals surface area contributed by atoms with Crippen molar-refractivity contribution in [1.82, 2.24) is 19.7 Å². The number of carbonyl (C=O) groups excluding carboxylic acids is 1. The Balaban J connectivity index is 1.29. The fourth-order valence-electron chi connectivity index (χ4n) is 3.61. The Kier molecular flexibility index (Phi) is 3.08. The van der Waals surface area contributed by atoms with Gasteiger partial charge in [0.1, 0.15) is 0 Å². The Hall–Kier alpha value is -2.44. The molecule has 1 amide bonds. The molecule has 2 aromatic rings. The molecular weight excluding hydrogens is 304 g/mol. The van der Waals surface area contributed by atoms with E-state index >= 15 is 0 Å². The van der Waals surface area contributed by atoms with Crippen LogP contribution in [0.5, 0.6) is 0 Å². The fourth-order valence-corrected chi connectivity index (χ4v) is 3.61. The number of hydrogen-bond donors (Lipinski definition) is 0. The van der Waals surface area contributed by atoms with E-state index in [-0.39, 0.29) is 5.91 Å². The molecule has 0 spiro atoms. The van der Waals surface area contributed by atoms with E-state index in [1.165, 1.54) is 12.8 Å². The minimum atomic E-state index is 0.207. The highest BCUT2D eigenvalue weighted by Gasteiger charge is 2.36. The van der Waals surface area contributed by atoms with Crippen LogP contribution in [0.25, 0.3) is 0 Å². The minimum absolute atomic E-state index is 0.207. The third-order valence-corrected chi connectivity index (χ3v) is 5.18. The van der Waals surface area contributed by atoms with E-state index in [0.717, 1.165) is 43.3 Å². The Bertz CT molecular complexity index is 777. The number of anilines is 2. The van der Waals surface area contributed by atoms with Gasteiger partial charge in [-0.3, -0.25) is 14.5 Å². The first-order chi connectivity index (χ1) is 11.8. The van der Waals surface area contributed by atoms with Crippen LogP contribution in [0.15, 0.2) is 24.8 Å². The molecule has 5 rings (SSSR count). The highest BCUT2D eigenvalue weighted by Crippen LogP contribution is 2.43. The van der Waals surface area contributed by atoms with Crippen LogP contribution >= 0.6 is 0 Å². The van der Waals surface area contributed by atoms with Crippen molar-refractivity contribution in [2.24, 2.45) is 0 Å². The SMILES string of the molecule is O=C1CCCN1c1cnn(C2CN(c3nccnc3C3CC3)C2)c1. The zero-order valence-corrected chi connectivity index (χ0v) is 13.5. The molecule has 1 aliphatic carbocycles. The lowest BCUT2D eigenvalue weighted by molar-refractivity contribution is -0.117. The van der Waals surface area contributed by atoms with Crippen LogP contribution in [-0.4, -0.2) is 45.3 Å². The molecule has 7 nitrogen and oxygen atoms in total. The average molecular weight is 324 g/mol. The van der Waals surface area contributed by atoms with Gasteiger partial charge in [0.25, 0.3) is 0 Å². The van der Waals surface area contributed by atoms with Gasteiger partial charge in [-0.15, -0.1) is 0 Å². The summed E-state index contributed by atoms with van der Waals surface area (Å²) in [4.78, 5) is 25.1. The summed E-state index contributed by atoms with van der Waals surface area (Å²) in [7, 11) is 0. The topological polar surface area (TPSA) is 67.2 Å². The Labute approximate surface area is 140 Å². The van der Waals surface area contributed by atoms with Gasteiger partial charge in [0.05, 0.1) is 23.6 Å². The van der Waals surface area contributed by atoms with Gasteiger partial charge in [0.2, 0.25) is 5.91 Å². The molecular formula is C17H20N6O. The lowest BCUT2D eigenvalue weighted by Crippen LogP contribution is -2.48. The summed E-state index contributed by atoms with van der Waals surface area (Å²) in [5.41, 5.74) is 2.08.